The largest absolute Gasteiger partial charge is 0.437 e. The highest BCUT2D eigenvalue weighted by molar-refractivity contribution is 9.10. The number of aryl methyl sites for hydroxylation is 1. The van der Waals surface area contributed by atoms with Crippen LogP contribution in [0.2, 0.25) is 0 Å². The molecule has 0 saturated heterocycles. The smallest absolute Gasteiger partial charge is 0.242 e. The molecule has 2 aromatic rings. The SMILES string of the molecule is CCc1cccc(Oc2ncc(Br)cc2N)c1. The van der Waals surface area contributed by atoms with Crippen molar-refractivity contribution in [3.63, 3.8) is 0 Å². The average Bonchev–Trinajstić information content (AvgIpc) is 2.33. The number of benzene rings is 1. The quantitative estimate of drug-likeness (QED) is 0.936. The number of hydrogen-bond donors (Lipinski definition) is 1. The van der Waals surface area contributed by atoms with Crippen molar-refractivity contribution in [1.29, 1.82) is 0 Å². The zero-order valence-corrected chi connectivity index (χ0v) is 11.1. The van der Waals surface area contributed by atoms with E-state index in [1.54, 1.807) is 12.3 Å². The van der Waals surface area contributed by atoms with E-state index in [0.717, 1.165) is 16.6 Å². The first-order valence-electron chi connectivity index (χ1n) is 5.37. The summed E-state index contributed by atoms with van der Waals surface area (Å²) in [5.41, 5.74) is 7.56. The third kappa shape index (κ3) is 2.97. The number of nitrogens with two attached hydrogens (primary N) is 1. The van der Waals surface area contributed by atoms with E-state index in [-0.39, 0.29) is 0 Å². The van der Waals surface area contributed by atoms with Gasteiger partial charge in [0.2, 0.25) is 5.88 Å². The van der Waals surface area contributed by atoms with Gasteiger partial charge in [0.1, 0.15) is 5.75 Å². The maximum atomic E-state index is 5.82. The molecule has 0 spiro atoms. The van der Waals surface area contributed by atoms with Crippen LogP contribution >= 0.6 is 15.9 Å². The van der Waals surface area contributed by atoms with E-state index in [0.29, 0.717) is 11.6 Å². The summed E-state index contributed by atoms with van der Waals surface area (Å²) in [6.07, 6.45) is 2.63. The molecule has 1 aromatic carbocycles. The standard InChI is InChI=1S/C13H13BrN2O/c1-2-9-4-3-5-11(6-9)17-13-12(15)7-10(14)8-16-13/h3-8H,2,15H2,1H3. The molecule has 0 aliphatic carbocycles. The highest BCUT2D eigenvalue weighted by Crippen LogP contribution is 2.27. The molecule has 17 heavy (non-hydrogen) atoms. The number of hydrogen-bond acceptors (Lipinski definition) is 3. The molecule has 2 N–H and O–H groups in total. The van der Waals surface area contributed by atoms with Crippen LogP contribution in [0.5, 0.6) is 11.6 Å². The molecule has 1 heterocycles. The molecule has 0 fully saturated rings. The second-order valence-corrected chi connectivity index (χ2v) is 4.57. The number of aromatic nitrogens is 1. The minimum Gasteiger partial charge on any atom is -0.437 e. The molecular weight excluding hydrogens is 280 g/mol. The topological polar surface area (TPSA) is 48.1 Å². The molecule has 4 heteroatoms. The normalized spacial score (nSPS) is 10.2. The summed E-state index contributed by atoms with van der Waals surface area (Å²) < 4.78 is 6.49. The Hall–Kier alpha value is -1.55. The molecule has 0 radical (unpaired) electrons. The second-order valence-electron chi connectivity index (χ2n) is 3.65. The van der Waals surface area contributed by atoms with Crippen molar-refractivity contribution in [2.45, 2.75) is 13.3 Å². The lowest BCUT2D eigenvalue weighted by Gasteiger charge is -2.08. The number of nitrogen functional groups attached to an aromatic ring is 1. The maximum Gasteiger partial charge on any atom is 0.242 e. The van der Waals surface area contributed by atoms with Gasteiger partial charge in [-0.25, -0.2) is 4.98 Å². The molecule has 1 aromatic heterocycles. The Bertz CT molecular complexity index is 529. The Morgan fingerprint density at radius 3 is 2.88 bits per heavy atom. The van der Waals surface area contributed by atoms with E-state index in [1.165, 1.54) is 5.56 Å². The van der Waals surface area contributed by atoms with Crippen LogP contribution in [0.4, 0.5) is 5.69 Å². The van der Waals surface area contributed by atoms with Crippen LogP contribution in [0.3, 0.4) is 0 Å². The Balaban J connectivity index is 2.25. The minimum absolute atomic E-state index is 0.432. The summed E-state index contributed by atoms with van der Waals surface area (Å²) in [7, 11) is 0. The van der Waals surface area contributed by atoms with Crippen LogP contribution in [0.25, 0.3) is 0 Å². The Morgan fingerprint density at radius 2 is 2.18 bits per heavy atom. The fraction of sp³-hybridized carbons (Fsp3) is 0.154. The lowest BCUT2D eigenvalue weighted by atomic mass is 10.2. The lowest BCUT2D eigenvalue weighted by molar-refractivity contribution is 0.465. The summed E-state index contributed by atoms with van der Waals surface area (Å²) in [6.45, 7) is 2.10. The van der Waals surface area contributed by atoms with Crippen molar-refractivity contribution in [2.75, 3.05) is 5.73 Å². The minimum atomic E-state index is 0.432. The predicted molar refractivity (Wildman–Crippen MR) is 72.2 cm³/mol. The van der Waals surface area contributed by atoms with Crippen molar-refractivity contribution in [2.24, 2.45) is 0 Å². The van der Waals surface area contributed by atoms with E-state index in [9.17, 15) is 0 Å². The molecule has 0 aliphatic heterocycles. The molecular formula is C13H13BrN2O. The first-order valence-corrected chi connectivity index (χ1v) is 6.16. The first kappa shape index (κ1) is 11.9. The number of rotatable bonds is 3. The van der Waals surface area contributed by atoms with Crippen LogP contribution in [0.15, 0.2) is 41.0 Å². The molecule has 88 valence electrons. The van der Waals surface area contributed by atoms with Crippen molar-refractivity contribution < 1.29 is 4.74 Å². The third-order valence-corrected chi connectivity index (χ3v) is 2.80. The van der Waals surface area contributed by atoms with Crippen LogP contribution in [0, 0.1) is 0 Å². The van der Waals surface area contributed by atoms with Gasteiger partial charge in [-0.3, -0.25) is 0 Å². The zero-order valence-electron chi connectivity index (χ0n) is 9.48. The molecule has 0 bridgehead atoms. The highest BCUT2D eigenvalue weighted by atomic mass is 79.9. The molecule has 0 amide bonds. The van der Waals surface area contributed by atoms with Crippen molar-refractivity contribution in [1.82, 2.24) is 4.98 Å². The van der Waals surface area contributed by atoms with Crippen LogP contribution in [-0.2, 0) is 6.42 Å². The van der Waals surface area contributed by atoms with E-state index >= 15 is 0 Å². The number of anilines is 1. The van der Waals surface area contributed by atoms with Crippen LogP contribution in [0.1, 0.15) is 12.5 Å². The van der Waals surface area contributed by atoms with E-state index in [4.69, 9.17) is 10.5 Å². The average molecular weight is 293 g/mol. The van der Waals surface area contributed by atoms with Gasteiger partial charge in [-0.2, -0.15) is 0 Å². The van der Waals surface area contributed by atoms with E-state index < -0.39 is 0 Å². The monoisotopic (exact) mass is 292 g/mol. The van der Waals surface area contributed by atoms with Crippen molar-refractivity contribution >= 4 is 21.6 Å². The van der Waals surface area contributed by atoms with Crippen molar-refractivity contribution in [3.8, 4) is 11.6 Å². The third-order valence-electron chi connectivity index (χ3n) is 2.37. The number of ether oxygens (including phenoxy) is 1. The predicted octanol–water partition coefficient (Wildman–Crippen LogP) is 3.78. The summed E-state index contributed by atoms with van der Waals surface area (Å²) in [5, 5.41) is 0. The molecule has 0 saturated carbocycles. The zero-order chi connectivity index (χ0) is 12.3. The Morgan fingerprint density at radius 1 is 1.35 bits per heavy atom. The van der Waals surface area contributed by atoms with Gasteiger partial charge in [0.25, 0.3) is 0 Å². The summed E-state index contributed by atoms with van der Waals surface area (Å²) in [5.74, 6) is 1.19. The van der Waals surface area contributed by atoms with Crippen LogP contribution < -0.4 is 10.5 Å². The van der Waals surface area contributed by atoms with Crippen LogP contribution in [-0.4, -0.2) is 4.98 Å². The molecule has 0 aliphatic rings. The second kappa shape index (κ2) is 5.19. The lowest BCUT2D eigenvalue weighted by Crippen LogP contribution is -1.95. The van der Waals surface area contributed by atoms with Gasteiger partial charge in [-0.1, -0.05) is 19.1 Å². The summed E-state index contributed by atoms with van der Waals surface area (Å²) >= 11 is 3.31. The van der Waals surface area contributed by atoms with E-state index in [2.05, 4.69) is 33.9 Å². The van der Waals surface area contributed by atoms with Gasteiger partial charge in [-0.15, -0.1) is 0 Å². The number of nitrogens with zero attached hydrogens (tertiary/aromatic N) is 1. The van der Waals surface area contributed by atoms with Gasteiger partial charge in [0.05, 0.1) is 5.69 Å². The Labute approximate surface area is 109 Å². The molecule has 0 atom stereocenters. The first-order chi connectivity index (χ1) is 8.19. The van der Waals surface area contributed by atoms with Gasteiger partial charge >= 0.3 is 0 Å². The molecule has 3 nitrogen and oxygen atoms in total. The number of pyridine rings is 1. The fourth-order valence-electron chi connectivity index (χ4n) is 1.47. The highest BCUT2D eigenvalue weighted by Gasteiger charge is 2.04. The molecule has 2 rings (SSSR count). The number of halogens is 1. The van der Waals surface area contributed by atoms with Gasteiger partial charge in [0, 0.05) is 10.7 Å². The van der Waals surface area contributed by atoms with Gasteiger partial charge < -0.3 is 10.5 Å². The van der Waals surface area contributed by atoms with Gasteiger partial charge in [-0.05, 0) is 46.1 Å². The van der Waals surface area contributed by atoms with E-state index in [1.807, 2.05) is 18.2 Å². The Kier molecular flexibility index (Phi) is 3.64. The fourth-order valence-corrected chi connectivity index (χ4v) is 1.82. The van der Waals surface area contributed by atoms with Crippen molar-refractivity contribution in [3.05, 3.63) is 46.6 Å². The van der Waals surface area contributed by atoms with Gasteiger partial charge in [0.15, 0.2) is 0 Å². The summed E-state index contributed by atoms with van der Waals surface area (Å²) in [6, 6.07) is 9.67. The molecule has 0 unspecified atom stereocenters. The maximum absolute atomic E-state index is 5.82. The summed E-state index contributed by atoms with van der Waals surface area (Å²) in [4.78, 5) is 4.13.